The van der Waals surface area contributed by atoms with Gasteiger partial charge in [0, 0.05) is 5.88 Å². The fourth-order valence-electron chi connectivity index (χ4n) is 1.36. The Morgan fingerprint density at radius 3 is 2.78 bits per heavy atom. The molecule has 1 aliphatic carbocycles. The van der Waals surface area contributed by atoms with Crippen LogP contribution in [0.2, 0.25) is 0 Å². The summed E-state index contributed by atoms with van der Waals surface area (Å²) in [5.74, 6) is 1.13. The molecule has 0 bridgehead atoms. The maximum Gasteiger partial charge on any atom is 0.0691 e. The lowest BCUT2D eigenvalue weighted by atomic mass is 10.2. The SMILES string of the molecule is CCC1CC1(O)CCCl. The largest absolute Gasteiger partial charge is 0.390 e. The van der Waals surface area contributed by atoms with Gasteiger partial charge in [0.25, 0.3) is 0 Å². The van der Waals surface area contributed by atoms with Crippen LogP contribution in [-0.2, 0) is 0 Å². The van der Waals surface area contributed by atoms with Gasteiger partial charge in [0.05, 0.1) is 5.60 Å². The molecule has 1 aliphatic rings. The molecule has 2 unspecified atom stereocenters. The zero-order valence-electron chi connectivity index (χ0n) is 5.73. The maximum atomic E-state index is 9.50. The van der Waals surface area contributed by atoms with Crippen molar-refractivity contribution >= 4 is 11.6 Å². The Morgan fingerprint density at radius 1 is 1.78 bits per heavy atom. The molecule has 2 atom stereocenters. The Labute approximate surface area is 61.0 Å². The Kier molecular flexibility index (Phi) is 2.02. The molecule has 0 amide bonds. The van der Waals surface area contributed by atoms with Crippen molar-refractivity contribution < 1.29 is 5.11 Å². The summed E-state index contributed by atoms with van der Waals surface area (Å²) < 4.78 is 0. The minimum Gasteiger partial charge on any atom is -0.390 e. The third kappa shape index (κ3) is 1.39. The van der Waals surface area contributed by atoms with Gasteiger partial charge in [-0.2, -0.15) is 0 Å². The van der Waals surface area contributed by atoms with Gasteiger partial charge < -0.3 is 5.11 Å². The van der Waals surface area contributed by atoms with E-state index in [0.717, 1.165) is 19.3 Å². The molecule has 1 fully saturated rings. The Hall–Kier alpha value is 0.250. The van der Waals surface area contributed by atoms with Crippen molar-refractivity contribution in [3.05, 3.63) is 0 Å². The highest BCUT2D eigenvalue weighted by Gasteiger charge is 2.50. The first-order chi connectivity index (χ1) is 4.23. The quantitative estimate of drug-likeness (QED) is 0.605. The predicted molar refractivity (Wildman–Crippen MR) is 38.7 cm³/mol. The summed E-state index contributed by atoms with van der Waals surface area (Å²) in [4.78, 5) is 0. The first kappa shape index (κ1) is 7.36. The van der Waals surface area contributed by atoms with E-state index in [1.54, 1.807) is 0 Å². The summed E-state index contributed by atoms with van der Waals surface area (Å²) in [6.07, 6.45) is 2.83. The molecule has 0 radical (unpaired) electrons. The van der Waals surface area contributed by atoms with Gasteiger partial charge in [-0.15, -0.1) is 11.6 Å². The Morgan fingerprint density at radius 2 is 2.44 bits per heavy atom. The third-order valence-electron chi connectivity index (χ3n) is 2.22. The summed E-state index contributed by atoms with van der Waals surface area (Å²) >= 11 is 5.49. The lowest BCUT2D eigenvalue weighted by molar-refractivity contribution is 0.127. The van der Waals surface area contributed by atoms with Crippen molar-refractivity contribution in [2.45, 2.75) is 31.8 Å². The summed E-state index contributed by atoms with van der Waals surface area (Å²) in [6.45, 7) is 2.11. The lowest BCUT2D eigenvalue weighted by Crippen LogP contribution is -2.10. The molecule has 0 aromatic carbocycles. The van der Waals surface area contributed by atoms with E-state index in [1.165, 1.54) is 0 Å². The van der Waals surface area contributed by atoms with Crippen molar-refractivity contribution in [2.75, 3.05) is 5.88 Å². The minimum absolute atomic E-state index is 0.365. The number of rotatable bonds is 3. The molecule has 0 aliphatic heterocycles. The summed E-state index contributed by atoms with van der Waals surface area (Å²) in [5.41, 5.74) is -0.365. The highest BCUT2D eigenvalue weighted by molar-refractivity contribution is 6.17. The van der Waals surface area contributed by atoms with Crippen LogP contribution in [0.5, 0.6) is 0 Å². The van der Waals surface area contributed by atoms with E-state index < -0.39 is 0 Å². The van der Waals surface area contributed by atoms with Gasteiger partial charge in [-0.1, -0.05) is 13.3 Å². The molecule has 0 aromatic heterocycles. The lowest BCUT2D eigenvalue weighted by Gasteiger charge is -2.04. The van der Waals surface area contributed by atoms with E-state index in [1.807, 2.05) is 0 Å². The zero-order valence-corrected chi connectivity index (χ0v) is 6.49. The number of aliphatic hydroxyl groups is 1. The minimum atomic E-state index is -0.365. The molecule has 1 rings (SSSR count). The van der Waals surface area contributed by atoms with Crippen LogP contribution >= 0.6 is 11.6 Å². The molecule has 1 N–H and O–H groups in total. The second-order valence-electron chi connectivity index (χ2n) is 2.85. The van der Waals surface area contributed by atoms with Crippen molar-refractivity contribution in [3.63, 3.8) is 0 Å². The van der Waals surface area contributed by atoms with Crippen molar-refractivity contribution in [1.82, 2.24) is 0 Å². The number of halogens is 1. The van der Waals surface area contributed by atoms with Crippen LogP contribution in [-0.4, -0.2) is 16.6 Å². The molecule has 1 saturated carbocycles. The van der Waals surface area contributed by atoms with Crippen LogP contribution in [0, 0.1) is 5.92 Å². The smallest absolute Gasteiger partial charge is 0.0691 e. The maximum absolute atomic E-state index is 9.50. The van der Waals surface area contributed by atoms with Gasteiger partial charge in [-0.05, 0) is 18.8 Å². The van der Waals surface area contributed by atoms with E-state index >= 15 is 0 Å². The van der Waals surface area contributed by atoms with Gasteiger partial charge in [-0.3, -0.25) is 0 Å². The summed E-state index contributed by atoms with van der Waals surface area (Å²) in [6, 6.07) is 0. The molecule has 54 valence electrons. The molecule has 1 nitrogen and oxygen atoms in total. The molecular weight excluding hydrogens is 136 g/mol. The molecule has 9 heavy (non-hydrogen) atoms. The van der Waals surface area contributed by atoms with Crippen LogP contribution in [0.15, 0.2) is 0 Å². The summed E-state index contributed by atoms with van der Waals surface area (Å²) in [5, 5.41) is 9.50. The predicted octanol–water partition coefficient (Wildman–Crippen LogP) is 1.78. The molecule has 0 heterocycles. The van der Waals surface area contributed by atoms with Gasteiger partial charge in [-0.25, -0.2) is 0 Å². The normalized spacial score (nSPS) is 41.0. The summed E-state index contributed by atoms with van der Waals surface area (Å²) in [7, 11) is 0. The molecule has 0 saturated heterocycles. The van der Waals surface area contributed by atoms with Crippen molar-refractivity contribution in [1.29, 1.82) is 0 Å². The fourth-order valence-corrected chi connectivity index (χ4v) is 1.69. The number of alkyl halides is 1. The van der Waals surface area contributed by atoms with E-state index in [0.29, 0.717) is 11.8 Å². The molecular formula is C7H13ClO. The zero-order chi connectivity index (χ0) is 6.91. The van der Waals surface area contributed by atoms with Crippen molar-refractivity contribution in [2.24, 2.45) is 5.92 Å². The van der Waals surface area contributed by atoms with E-state index in [4.69, 9.17) is 11.6 Å². The Bertz CT molecular complexity index is 105. The molecule has 0 aromatic rings. The average molecular weight is 149 g/mol. The average Bonchev–Trinajstić information content (AvgIpc) is 2.43. The molecule has 0 spiro atoms. The van der Waals surface area contributed by atoms with Gasteiger partial charge in [0.15, 0.2) is 0 Å². The van der Waals surface area contributed by atoms with E-state index in [-0.39, 0.29) is 5.60 Å². The van der Waals surface area contributed by atoms with Gasteiger partial charge in [0.1, 0.15) is 0 Å². The standard InChI is InChI=1S/C7H13ClO/c1-2-6-5-7(6,9)3-4-8/h6,9H,2-5H2,1H3. The van der Waals surface area contributed by atoms with E-state index in [9.17, 15) is 5.11 Å². The first-order valence-electron chi connectivity index (χ1n) is 3.51. The highest BCUT2D eigenvalue weighted by atomic mass is 35.5. The number of hydrogen-bond donors (Lipinski definition) is 1. The van der Waals surface area contributed by atoms with Crippen LogP contribution in [0.1, 0.15) is 26.2 Å². The second kappa shape index (κ2) is 2.47. The van der Waals surface area contributed by atoms with Gasteiger partial charge >= 0.3 is 0 Å². The topological polar surface area (TPSA) is 20.2 Å². The first-order valence-corrected chi connectivity index (χ1v) is 4.04. The number of hydrogen-bond acceptors (Lipinski definition) is 1. The van der Waals surface area contributed by atoms with Gasteiger partial charge in [0.2, 0.25) is 0 Å². The van der Waals surface area contributed by atoms with Crippen LogP contribution < -0.4 is 0 Å². The monoisotopic (exact) mass is 148 g/mol. The Balaban J connectivity index is 2.25. The third-order valence-corrected chi connectivity index (χ3v) is 2.41. The fraction of sp³-hybridized carbons (Fsp3) is 1.00. The van der Waals surface area contributed by atoms with Crippen molar-refractivity contribution in [3.8, 4) is 0 Å². The van der Waals surface area contributed by atoms with Crippen LogP contribution in [0.3, 0.4) is 0 Å². The van der Waals surface area contributed by atoms with Crippen LogP contribution in [0.4, 0.5) is 0 Å². The second-order valence-corrected chi connectivity index (χ2v) is 3.23. The van der Waals surface area contributed by atoms with Crippen LogP contribution in [0.25, 0.3) is 0 Å². The molecule has 2 heteroatoms. The highest BCUT2D eigenvalue weighted by Crippen LogP contribution is 2.48. The van der Waals surface area contributed by atoms with E-state index in [2.05, 4.69) is 6.92 Å².